The zero-order valence-corrected chi connectivity index (χ0v) is 6.59. The Morgan fingerprint density at radius 3 is 2.38 bits per heavy atom. The van der Waals surface area contributed by atoms with Gasteiger partial charge < -0.3 is 4.74 Å². The van der Waals surface area contributed by atoms with Crippen LogP contribution in [0.15, 0.2) is 31.0 Å². The molecule has 0 saturated carbocycles. The van der Waals surface area contributed by atoms with Crippen LogP contribution < -0.4 is 0 Å². The lowest BCUT2D eigenvalue weighted by atomic mass is 10.2. The number of ether oxygens (including phenoxy) is 1. The van der Waals surface area contributed by atoms with E-state index in [-0.39, 0.29) is 0 Å². The first-order valence-corrected chi connectivity index (χ1v) is 3.42. The quantitative estimate of drug-likeness (QED) is 0.520. The number of hydrogen-bond donors (Lipinski definition) is 0. The first-order valence-electron chi connectivity index (χ1n) is 3.42. The number of benzene rings is 1. The first-order chi connectivity index (χ1) is 6.16. The Labute approximate surface area is 73.4 Å². The molecule has 0 bridgehead atoms. The molecule has 68 valence electrons. The normalized spacial score (nSPS) is 9.38. The lowest BCUT2D eigenvalue weighted by molar-refractivity contribution is 0.0653. The van der Waals surface area contributed by atoms with E-state index in [2.05, 4.69) is 11.3 Å². The highest BCUT2D eigenvalue weighted by Gasteiger charge is 2.17. The number of carbonyl (C=O) groups is 1. The fourth-order valence-electron chi connectivity index (χ4n) is 0.827. The molecular weight excluding hydrogens is 178 g/mol. The van der Waals surface area contributed by atoms with E-state index in [9.17, 15) is 13.6 Å². The van der Waals surface area contributed by atoms with E-state index in [4.69, 9.17) is 0 Å². The molecule has 4 heteroatoms. The van der Waals surface area contributed by atoms with E-state index >= 15 is 0 Å². The molecule has 0 radical (unpaired) electrons. The minimum atomic E-state index is -1.09. The average molecular weight is 184 g/mol. The van der Waals surface area contributed by atoms with Crippen molar-refractivity contribution in [2.45, 2.75) is 0 Å². The summed E-state index contributed by atoms with van der Waals surface area (Å²) in [7, 11) is 0. The van der Waals surface area contributed by atoms with Crippen LogP contribution >= 0.6 is 0 Å². The molecule has 0 atom stereocenters. The number of carbonyl (C=O) groups excluding carboxylic acids is 1. The second kappa shape index (κ2) is 3.80. The summed E-state index contributed by atoms with van der Waals surface area (Å²) in [5, 5.41) is 0. The molecule has 13 heavy (non-hydrogen) atoms. The summed E-state index contributed by atoms with van der Waals surface area (Å²) in [4.78, 5) is 10.9. The van der Waals surface area contributed by atoms with Gasteiger partial charge in [-0.05, 0) is 12.1 Å². The third-order valence-corrected chi connectivity index (χ3v) is 1.36. The van der Waals surface area contributed by atoms with Crippen LogP contribution in [0, 0.1) is 11.6 Å². The van der Waals surface area contributed by atoms with E-state index in [1.165, 1.54) is 0 Å². The van der Waals surface area contributed by atoms with E-state index < -0.39 is 23.2 Å². The van der Waals surface area contributed by atoms with Crippen molar-refractivity contribution < 1.29 is 18.3 Å². The van der Waals surface area contributed by atoms with Crippen molar-refractivity contribution in [3.63, 3.8) is 0 Å². The van der Waals surface area contributed by atoms with Gasteiger partial charge in [0.1, 0.15) is 17.2 Å². The number of hydrogen-bond acceptors (Lipinski definition) is 2. The van der Waals surface area contributed by atoms with Crippen molar-refractivity contribution in [1.82, 2.24) is 0 Å². The molecule has 0 heterocycles. The molecule has 0 spiro atoms. The highest BCUT2D eigenvalue weighted by molar-refractivity contribution is 5.90. The number of rotatable bonds is 2. The minimum Gasteiger partial charge on any atom is -0.431 e. The second-order valence-corrected chi connectivity index (χ2v) is 2.17. The van der Waals surface area contributed by atoms with Gasteiger partial charge in [-0.25, -0.2) is 13.6 Å². The summed E-state index contributed by atoms with van der Waals surface area (Å²) in [6.07, 6.45) is 0.814. The lowest BCUT2D eigenvalue weighted by Gasteiger charge is -2.01. The van der Waals surface area contributed by atoms with Crippen molar-refractivity contribution in [2.75, 3.05) is 0 Å². The van der Waals surface area contributed by atoms with E-state index in [1.807, 2.05) is 0 Å². The smallest absolute Gasteiger partial charge is 0.348 e. The maximum Gasteiger partial charge on any atom is 0.348 e. The van der Waals surface area contributed by atoms with E-state index in [0.717, 1.165) is 24.5 Å². The second-order valence-electron chi connectivity index (χ2n) is 2.17. The lowest BCUT2D eigenvalue weighted by Crippen LogP contribution is -2.06. The van der Waals surface area contributed by atoms with Gasteiger partial charge in [-0.1, -0.05) is 12.6 Å². The van der Waals surface area contributed by atoms with E-state index in [1.54, 1.807) is 0 Å². The van der Waals surface area contributed by atoms with Gasteiger partial charge in [0.2, 0.25) is 0 Å². The number of halogens is 2. The molecule has 1 aromatic carbocycles. The average Bonchev–Trinajstić information content (AvgIpc) is 2.04. The molecule has 0 aliphatic rings. The summed E-state index contributed by atoms with van der Waals surface area (Å²) in [6, 6.07) is 3.11. The molecule has 1 aromatic rings. The van der Waals surface area contributed by atoms with Gasteiger partial charge in [-0.3, -0.25) is 0 Å². The van der Waals surface area contributed by atoms with Crippen LogP contribution in [-0.2, 0) is 4.74 Å². The van der Waals surface area contributed by atoms with Crippen LogP contribution in [0.5, 0.6) is 0 Å². The van der Waals surface area contributed by atoms with Gasteiger partial charge in [0.05, 0.1) is 6.26 Å². The molecule has 0 aromatic heterocycles. The van der Waals surface area contributed by atoms with Gasteiger partial charge in [0.25, 0.3) is 0 Å². The maximum absolute atomic E-state index is 12.8. The largest absolute Gasteiger partial charge is 0.431 e. The Morgan fingerprint density at radius 1 is 1.38 bits per heavy atom. The number of esters is 1. The fourth-order valence-corrected chi connectivity index (χ4v) is 0.827. The zero-order valence-electron chi connectivity index (χ0n) is 6.59. The Kier molecular flexibility index (Phi) is 2.74. The van der Waals surface area contributed by atoms with Gasteiger partial charge >= 0.3 is 5.97 Å². The van der Waals surface area contributed by atoms with Gasteiger partial charge in [-0.15, -0.1) is 0 Å². The monoisotopic (exact) mass is 184 g/mol. The predicted octanol–water partition coefficient (Wildman–Crippen LogP) is 2.27. The maximum atomic E-state index is 12.8. The van der Waals surface area contributed by atoms with Crippen molar-refractivity contribution in [1.29, 1.82) is 0 Å². The van der Waals surface area contributed by atoms with Crippen molar-refractivity contribution in [3.8, 4) is 0 Å². The summed E-state index contributed by atoms with van der Waals surface area (Å²) in [5.41, 5.74) is -0.706. The molecule has 0 fully saturated rings. The zero-order chi connectivity index (χ0) is 9.84. The summed E-state index contributed by atoms with van der Waals surface area (Å²) < 4.78 is 29.9. The van der Waals surface area contributed by atoms with Crippen LogP contribution in [0.3, 0.4) is 0 Å². The van der Waals surface area contributed by atoms with Crippen LogP contribution in [-0.4, -0.2) is 5.97 Å². The van der Waals surface area contributed by atoms with Crippen molar-refractivity contribution in [3.05, 3.63) is 48.2 Å². The SMILES string of the molecule is C=COC(=O)c1c(F)cccc1F. The fraction of sp³-hybridized carbons (Fsp3) is 0. The highest BCUT2D eigenvalue weighted by atomic mass is 19.1. The molecule has 0 amide bonds. The van der Waals surface area contributed by atoms with Crippen LogP contribution in [0.4, 0.5) is 8.78 Å². The van der Waals surface area contributed by atoms with Crippen LogP contribution in [0.1, 0.15) is 10.4 Å². The van der Waals surface area contributed by atoms with Crippen molar-refractivity contribution in [2.24, 2.45) is 0 Å². The standard InChI is InChI=1S/C9H6F2O2/c1-2-13-9(12)8-6(10)4-3-5-7(8)11/h2-5H,1H2. The Balaban J connectivity index is 3.12. The molecular formula is C9H6F2O2. The molecule has 2 nitrogen and oxygen atoms in total. The molecule has 0 saturated heterocycles. The van der Waals surface area contributed by atoms with E-state index in [0.29, 0.717) is 0 Å². The van der Waals surface area contributed by atoms with Gasteiger partial charge in [0, 0.05) is 0 Å². The minimum absolute atomic E-state index is 0.706. The topological polar surface area (TPSA) is 26.3 Å². The first kappa shape index (κ1) is 9.38. The summed E-state index contributed by atoms with van der Waals surface area (Å²) in [5.74, 6) is -3.00. The molecule has 1 rings (SSSR count). The summed E-state index contributed by atoms with van der Waals surface area (Å²) in [6.45, 7) is 3.10. The van der Waals surface area contributed by atoms with Gasteiger partial charge in [-0.2, -0.15) is 0 Å². The van der Waals surface area contributed by atoms with Gasteiger partial charge in [0.15, 0.2) is 0 Å². The third-order valence-electron chi connectivity index (χ3n) is 1.36. The Morgan fingerprint density at radius 2 is 1.92 bits per heavy atom. The molecule has 0 aliphatic heterocycles. The highest BCUT2D eigenvalue weighted by Crippen LogP contribution is 2.12. The van der Waals surface area contributed by atoms with Crippen LogP contribution in [0.2, 0.25) is 0 Å². The Bertz CT molecular complexity index is 327. The predicted molar refractivity (Wildman–Crippen MR) is 42.0 cm³/mol. The van der Waals surface area contributed by atoms with Crippen molar-refractivity contribution >= 4 is 5.97 Å². The molecule has 0 N–H and O–H groups in total. The Hall–Kier alpha value is -1.71. The summed E-state index contributed by atoms with van der Waals surface area (Å²) >= 11 is 0. The van der Waals surface area contributed by atoms with Crippen LogP contribution in [0.25, 0.3) is 0 Å². The molecule has 0 aliphatic carbocycles. The molecule has 0 unspecified atom stereocenters. The third kappa shape index (κ3) is 1.90.